The van der Waals surface area contributed by atoms with Crippen molar-refractivity contribution in [2.45, 2.75) is 50.4 Å². The van der Waals surface area contributed by atoms with Crippen LogP contribution >= 0.6 is 11.6 Å². The van der Waals surface area contributed by atoms with Gasteiger partial charge in [0.2, 0.25) is 6.10 Å². The van der Waals surface area contributed by atoms with Crippen LogP contribution in [0.15, 0.2) is 65.8 Å². The highest BCUT2D eigenvalue weighted by molar-refractivity contribution is 6.31. The fourth-order valence-electron chi connectivity index (χ4n) is 6.37. The van der Waals surface area contributed by atoms with E-state index in [1.807, 2.05) is 12.1 Å². The summed E-state index contributed by atoms with van der Waals surface area (Å²) < 4.78 is 34.9. The van der Waals surface area contributed by atoms with Crippen molar-refractivity contribution in [1.29, 1.82) is 0 Å². The molecule has 6 rings (SSSR count). The molecule has 7 nitrogen and oxygen atoms in total. The van der Waals surface area contributed by atoms with Gasteiger partial charge in [0, 0.05) is 50.8 Å². The monoisotopic (exact) mass is 607 g/mol. The number of rotatable bonds is 7. The van der Waals surface area contributed by atoms with Crippen LogP contribution in [0.1, 0.15) is 47.6 Å². The fourth-order valence-corrected chi connectivity index (χ4v) is 6.54. The molecule has 0 aromatic heterocycles. The molecule has 3 aromatic carbocycles. The maximum atomic E-state index is 14.7. The Morgan fingerprint density at radius 1 is 1.02 bits per heavy atom. The predicted octanol–water partition coefficient (Wildman–Crippen LogP) is 5.66. The number of Topliss-reactive ketones (excluding diaryl/α,β-unsaturated/α-hetero) is 1. The van der Waals surface area contributed by atoms with Crippen molar-refractivity contribution in [3.05, 3.63) is 99.6 Å². The van der Waals surface area contributed by atoms with E-state index in [9.17, 15) is 18.4 Å². The Kier molecular flexibility index (Phi) is 8.45. The molecule has 43 heavy (non-hydrogen) atoms. The van der Waals surface area contributed by atoms with Gasteiger partial charge in [-0.3, -0.25) is 9.59 Å². The molecule has 2 atom stereocenters. The number of piperidine rings is 1. The summed E-state index contributed by atoms with van der Waals surface area (Å²) in [5, 5.41) is 3.95. The van der Waals surface area contributed by atoms with Crippen molar-refractivity contribution in [1.82, 2.24) is 4.90 Å². The second-order valence-electron chi connectivity index (χ2n) is 11.1. The zero-order valence-electron chi connectivity index (χ0n) is 23.8. The Bertz CT molecular complexity index is 1570. The number of amides is 1. The maximum Gasteiger partial charge on any atom is 0.267 e. The molecule has 0 aliphatic carbocycles. The van der Waals surface area contributed by atoms with Gasteiger partial charge in [-0.05, 0) is 60.2 Å². The third-order valence-electron chi connectivity index (χ3n) is 8.63. The number of anilines is 1. The van der Waals surface area contributed by atoms with E-state index in [0.29, 0.717) is 6.42 Å². The third-order valence-corrected chi connectivity index (χ3v) is 8.92. The first-order valence-corrected chi connectivity index (χ1v) is 14.9. The number of oxime groups is 1. The number of ether oxygens (including phenoxy) is 1. The first kappa shape index (κ1) is 29.3. The van der Waals surface area contributed by atoms with E-state index in [2.05, 4.69) is 16.1 Å². The number of nitrogens with zero attached hydrogens (tertiary/aromatic N) is 3. The summed E-state index contributed by atoms with van der Waals surface area (Å²) in [6.07, 6.45) is 1.37. The second kappa shape index (κ2) is 12.4. The van der Waals surface area contributed by atoms with Crippen LogP contribution < -0.4 is 4.90 Å². The molecule has 3 aliphatic heterocycles. The summed E-state index contributed by atoms with van der Waals surface area (Å²) in [6.45, 7) is 1.91. The third kappa shape index (κ3) is 5.76. The average molecular weight is 608 g/mol. The van der Waals surface area contributed by atoms with Gasteiger partial charge in [-0.25, -0.2) is 8.78 Å². The number of hydrogen-bond donors (Lipinski definition) is 0. The Labute approximate surface area is 254 Å². The molecule has 0 bridgehead atoms. The highest BCUT2D eigenvalue weighted by atomic mass is 35.5. The Balaban J connectivity index is 1.30. The van der Waals surface area contributed by atoms with Gasteiger partial charge in [-0.1, -0.05) is 53.2 Å². The molecule has 0 unspecified atom stereocenters. The first-order chi connectivity index (χ1) is 20.9. The minimum atomic E-state index is -1.03. The van der Waals surface area contributed by atoms with E-state index >= 15 is 0 Å². The molecule has 224 valence electrons. The molecule has 3 aliphatic rings. The van der Waals surface area contributed by atoms with Crippen molar-refractivity contribution in [2.75, 3.05) is 31.6 Å². The zero-order chi connectivity index (χ0) is 30.1. The number of methoxy groups -OCH3 is 1. The van der Waals surface area contributed by atoms with E-state index in [1.165, 1.54) is 23.1 Å². The summed E-state index contributed by atoms with van der Waals surface area (Å²) in [5.41, 5.74) is 3.49. The Morgan fingerprint density at radius 3 is 2.56 bits per heavy atom. The lowest BCUT2D eigenvalue weighted by Crippen LogP contribution is -2.48. The van der Waals surface area contributed by atoms with E-state index in [-0.39, 0.29) is 53.1 Å². The van der Waals surface area contributed by atoms with Crippen molar-refractivity contribution < 1.29 is 27.9 Å². The van der Waals surface area contributed by atoms with Crippen molar-refractivity contribution in [2.24, 2.45) is 5.16 Å². The van der Waals surface area contributed by atoms with Gasteiger partial charge >= 0.3 is 0 Å². The molecule has 0 saturated carbocycles. The number of carbonyl (C=O) groups excluding carboxylic acids is 2. The smallest absolute Gasteiger partial charge is 0.267 e. The molecule has 1 amide bonds. The lowest BCUT2D eigenvalue weighted by atomic mass is 9.86. The van der Waals surface area contributed by atoms with Crippen LogP contribution in [0, 0.1) is 11.6 Å². The number of ketones is 1. The normalized spacial score (nSPS) is 20.4. The molecule has 10 heteroatoms. The molecule has 0 radical (unpaired) electrons. The summed E-state index contributed by atoms with van der Waals surface area (Å²) in [7, 11) is 1.73. The highest BCUT2D eigenvalue weighted by Crippen LogP contribution is 2.39. The Hall–Kier alpha value is -3.82. The molecule has 3 aromatic rings. The summed E-state index contributed by atoms with van der Waals surface area (Å²) >= 11 is 5.96. The van der Waals surface area contributed by atoms with Crippen LogP contribution in [0.3, 0.4) is 0 Å². The van der Waals surface area contributed by atoms with Gasteiger partial charge in [0.1, 0.15) is 11.9 Å². The summed E-state index contributed by atoms with van der Waals surface area (Å²) in [5.74, 6) is -1.83. The number of hydrogen-bond acceptors (Lipinski definition) is 6. The second-order valence-corrected chi connectivity index (χ2v) is 11.5. The van der Waals surface area contributed by atoms with E-state index < -0.39 is 29.7 Å². The average Bonchev–Trinajstić information content (AvgIpc) is 3.52. The van der Waals surface area contributed by atoms with Crippen molar-refractivity contribution in [3.8, 4) is 0 Å². The van der Waals surface area contributed by atoms with Gasteiger partial charge < -0.3 is 19.4 Å². The molecule has 0 spiro atoms. The van der Waals surface area contributed by atoms with E-state index in [4.69, 9.17) is 21.2 Å². The van der Waals surface area contributed by atoms with Crippen LogP contribution in [-0.2, 0) is 32.0 Å². The van der Waals surface area contributed by atoms with Gasteiger partial charge in [-0.15, -0.1) is 0 Å². The van der Waals surface area contributed by atoms with Crippen LogP contribution in [0.4, 0.5) is 14.5 Å². The Morgan fingerprint density at radius 2 is 1.79 bits per heavy atom. The van der Waals surface area contributed by atoms with Crippen LogP contribution in [0.2, 0.25) is 5.02 Å². The summed E-state index contributed by atoms with van der Waals surface area (Å²) in [4.78, 5) is 37.4. The quantitative estimate of drug-likeness (QED) is 0.346. The van der Waals surface area contributed by atoms with E-state index in [1.54, 1.807) is 31.4 Å². The lowest BCUT2D eigenvalue weighted by Gasteiger charge is -2.40. The number of fused-ring (bicyclic) bond motifs is 1. The van der Waals surface area contributed by atoms with Crippen LogP contribution in [0.25, 0.3) is 0 Å². The SMILES string of the molecule is COC1CCN(c2cccc3c2CCN(C(=O)[C@H]2CC(c4cccc(Cl)c4F)=NO2)[C@H]3C(=O)Cc2ccccc2F)CC1. The van der Waals surface area contributed by atoms with Crippen molar-refractivity contribution >= 4 is 34.7 Å². The first-order valence-electron chi connectivity index (χ1n) is 14.5. The summed E-state index contributed by atoms with van der Waals surface area (Å²) in [6, 6.07) is 15.6. The largest absolute Gasteiger partial charge is 0.382 e. The molecule has 3 heterocycles. The minimum absolute atomic E-state index is 0.0299. The number of benzene rings is 3. The fraction of sp³-hybridized carbons (Fsp3) is 0.364. The van der Waals surface area contributed by atoms with Crippen molar-refractivity contribution in [3.63, 3.8) is 0 Å². The van der Waals surface area contributed by atoms with Crippen LogP contribution in [0.5, 0.6) is 0 Å². The molecule has 1 saturated heterocycles. The molecule has 1 fully saturated rings. The minimum Gasteiger partial charge on any atom is -0.382 e. The van der Waals surface area contributed by atoms with Gasteiger partial charge in [0.15, 0.2) is 11.6 Å². The standard InChI is InChI=1S/C33H32ClF2N3O4/c1-42-21-12-15-38(16-13-21)28-11-5-7-23-22(28)14-17-39(32(23)29(40)18-20-6-2-3-10-26(20)35)33(41)30-19-27(37-43-30)24-8-4-9-25(34)31(24)36/h2-11,21,30,32H,12-19H2,1H3/t30-,32-/m1/s1. The number of carbonyl (C=O) groups is 2. The topological polar surface area (TPSA) is 71.4 Å². The maximum absolute atomic E-state index is 14.7. The zero-order valence-corrected chi connectivity index (χ0v) is 24.5. The highest BCUT2D eigenvalue weighted by Gasteiger charge is 2.42. The molecular weight excluding hydrogens is 576 g/mol. The number of halogens is 3. The van der Waals surface area contributed by atoms with Gasteiger partial charge in [0.25, 0.3) is 5.91 Å². The molecular formula is C33H32ClF2N3O4. The molecule has 0 N–H and O–H groups in total. The van der Waals surface area contributed by atoms with E-state index in [0.717, 1.165) is 42.7 Å². The van der Waals surface area contributed by atoms with Gasteiger partial charge in [-0.2, -0.15) is 0 Å². The van der Waals surface area contributed by atoms with Gasteiger partial charge in [0.05, 0.1) is 16.8 Å². The predicted molar refractivity (Wildman–Crippen MR) is 159 cm³/mol. The van der Waals surface area contributed by atoms with Crippen LogP contribution in [-0.4, -0.2) is 61.3 Å². The lowest BCUT2D eigenvalue weighted by molar-refractivity contribution is -0.149.